The Hall–Kier alpha value is -1.59. The summed E-state index contributed by atoms with van der Waals surface area (Å²) in [5, 5.41) is 14.4. The summed E-state index contributed by atoms with van der Waals surface area (Å²) in [4.78, 5) is 22.2. The van der Waals surface area contributed by atoms with Gasteiger partial charge in [-0.15, -0.1) is 0 Å². The summed E-state index contributed by atoms with van der Waals surface area (Å²) in [7, 11) is 1.62. The smallest absolute Gasteiger partial charge is 0.337 e. The molecule has 6 heteroatoms. The van der Waals surface area contributed by atoms with Gasteiger partial charge in [0.2, 0.25) is 5.91 Å². The number of hydrogen-bond acceptors (Lipinski definition) is 3. The maximum Gasteiger partial charge on any atom is 0.337 e. The largest absolute Gasteiger partial charge is 0.478 e. The maximum atomic E-state index is 11.3. The van der Waals surface area contributed by atoms with Crippen LogP contribution in [0.3, 0.4) is 0 Å². The van der Waals surface area contributed by atoms with E-state index in [1.807, 2.05) is 0 Å². The summed E-state index contributed by atoms with van der Waals surface area (Å²) < 4.78 is 0. The number of hydrogen-bond donors (Lipinski definition) is 3. The molecule has 1 rings (SSSR count). The van der Waals surface area contributed by atoms with Crippen molar-refractivity contribution in [3.8, 4) is 0 Å². The van der Waals surface area contributed by atoms with Crippen LogP contribution in [0.1, 0.15) is 10.4 Å². The van der Waals surface area contributed by atoms with Gasteiger partial charge in [-0.1, -0.05) is 11.6 Å². The van der Waals surface area contributed by atoms with Gasteiger partial charge in [0.15, 0.2) is 0 Å². The number of carboxylic acid groups (broad SMARTS) is 1. The molecule has 0 fully saturated rings. The van der Waals surface area contributed by atoms with Gasteiger partial charge in [-0.2, -0.15) is 0 Å². The van der Waals surface area contributed by atoms with Crippen LogP contribution in [0.5, 0.6) is 0 Å². The maximum absolute atomic E-state index is 11.3. The molecule has 5 nitrogen and oxygen atoms in total. The Morgan fingerprint density at radius 1 is 1.44 bits per heavy atom. The second kappa shape index (κ2) is 5.48. The summed E-state index contributed by atoms with van der Waals surface area (Å²) in [5.74, 6) is -1.44. The van der Waals surface area contributed by atoms with E-state index in [-0.39, 0.29) is 23.7 Å². The SMILES string of the molecule is CNCC(=O)Nc1cc(Cl)ccc1C(=O)O. The second-order valence-corrected chi connectivity index (χ2v) is 3.51. The predicted molar refractivity (Wildman–Crippen MR) is 61.0 cm³/mol. The Balaban J connectivity index is 2.96. The minimum atomic E-state index is -1.11. The third-order valence-electron chi connectivity index (χ3n) is 1.82. The fourth-order valence-corrected chi connectivity index (χ4v) is 1.33. The molecule has 0 saturated carbocycles. The first kappa shape index (κ1) is 12.5. The van der Waals surface area contributed by atoms with Gasteiger partial charge in [0.05, 0.1) is 17.8 Å². The van der Waals surface area contributed by atoms with Crippen molar-refractivity contribution < 1.29 is 14.7 Å². The molecule has 3 N–H and O–H groups in total. The number of rotatable bonds is 4. The van der Waals surface area contributed by atoms with Crippen LogP contribution < -0.4 is 10.6 Å². The molecule has 16 heavy (non-hydrogen) atoms. The zero-order valence-electron chi connectivity index (χ0n) is 8.58. The van der Waals surface area contributed by atoms with E-state index in [0.717, 1.165) is 0 Å². The normalized spacial score (nSPS) is 9.88. The van der Waals surface area contributed by atoms with Gasteiger partial charge in [0, 0.05) is 5.02 Å². The fourth-order valence-electron chi connectivity index (χ4n) is 1.16. The number of carboxylic acids is 1. The average Bonchev–Trinajstić information content (AvgIpc) is 2.17. The van der Waals surface area contributed by atoms with Crippen molar-refractivity contribution in [2.24, 2.45) is 0 Å². The minimum absolute atomic E-state index is 0.00820. The number of nitrogens with one attached hydrogen (secondary N) is 2. The third-order valence-corrected chi connectivity index (χ3v) is 2.06. The van der Waals surface area contributed by atoms with Crippen molar-refractivity contribution in [3.63, 3.8) is 0 Å². The molecule has 0 aromatic heterocycles. The summed E-state index contributed by atoms with van der Waals surface area (Å²) in [6.45, 7) is 0.103. The number of likely N-dealkylation sites (N-methyl/N-ethyl adjacent to an activating group) is 1. The van der Waals surface area contributed by atoms with Crippen LogP contribution in [0.15, 0.2) is 18.2 Å². The summed E-state index contributed by atoms with van der Waals surface area (Å²) in [6.07, 6.45) is 0. The van der Waals surface area contributed by atoms with Crippen LogP contribution in [-0.2, 0) is 4.79 Å². The van der Waals surface area contributed by atoms with Crippen molar-refractivity contribution in [2.75, 3.05) is 18.9 Å². The van der Waals surface area contributed by atoms with Crippen LogP contribution in [-0.4, -0.2) is 30.6 Å². The number of carbonyl (C=O) groups excluding carboxylic acids is 1. The molecule has 0 bridgehead atoms. The van der Waals surface area contributed by atoms with E-state index in [4.69, 9.17) is 16.7 Å². The molecule has 0 aliphatic rings. The number of halogens is 1. The predicted octanol–water partition coefficient (Wildman–Crippen LogP) is 1.20. The zero-order chi connectivity index (χ0) is 12.1. The van der Waals surface area contributed by atoms with Gasteiger partial charge in [-0.05, 0) is 25.2 Å². The van der Waals surface area contributed by atoms with Gasteiger partial charge >= 0.3 is 5.97 Å². The standard InChI is InChI=1S/C10H11ClN2O3/c1-12-5-9(14)13-8-4-6(11)2-3-7(8)10(15)16/h2-4,12H,5H2,1H3,(H,13,14)(H,15,16). The van der Waals surface area contributed by atoms with Gasteiger partial charge in [0.25, 0.3) is 0 Å². The molecule has 1 amide bonds. The minimum Gasteiger partial charge on any atom is -0.478 e. The fraction of sp³-hybridized carbons (Fsp3) is 0.200. The molecule has 0 heterocycles. The second-order valence-electron chi connectivity index (χ2n) is 3.07. The van der Waals surface area contributed by atoms with Crippen molar-refractivity contribution in [1.82, 2.24) is 5.32 Å². The van der Waals surface area contributed by atoms with Crippen LogP contribution in [0.2, 0.25) is 5.02 Å². The summed E-state index contributed by atoms with van der Waals surface area (Å²) in [5.41, 5.74) is 0.203. The molecule has 1 aromatic carbocycles. The van der Waals surface area contributed by atoms with E-state index < -0.39 is 5.97 Å². The number of carbonyl (C=O) groups is 2. The first-order chi connectivity index (χ1) is 7.54. The van der Waals surface area contributed by atoms with E-state index >= 15 is 0 Å². The highest BCUT2D eigenvalue weighted by Gasteiger charge is 2.12. The molecule has 0 unspecified atom stereocenters. The quantitative estimate of drug-likeness (QED) is 0.741. The zero-order valence-corrected chi connectivity index (χ0v) is 9.34. The molecular formula is C10H11ClN2O3. The van der Waals surface area contributed by atoms with Crippen LogP contribution in [0, 0.1) is 0 Å². The lowest BCUT2D eigenvalue weighted by atomic mass is 10.2. The summed E-state index contributed by atoms with van der Waals surface area (Å²) >= 11 is 5.72. The first-order valence-electron chi connectivity index (χ1n) is 4.52. The van der Waals surface area contributed by atoms with E-state index in [1.54, 1.807) is 7.05 Å². The topological polar surface area (TPSA) is 78.4 Å². The lowest BCUT2D eigenvalue weighted by molar-refractivity contribution is -0.115. The van der Waals surface area contributed by atoms with Crippen molar-refractivity contribution in [2.45, 2.75) is 0 Å². The Bertz CT molecular complexity index is 421. The highest BCUT2D eigenvalue weighted by molar-refractivity contribution is 6.31. The average molecular weight is 243 g/mol. The Kier molecular flexibility index (Phi) is 4.28. The van der Waals surface area contributed by atoms with E-state index in [1.165, 1.54) is 18.2 Å². The Labute approximate surface area is 97.4 Å². The van der Waals surface area contributed by atoms with E-state index in [2.05, 4.69) is 10.6 Å². The molecule has 0 aliphatic heterocycles. The van der Waals surface area contributed by atoms with Crippen molar-refractivity contribution in [3.05, 3.63) is 28.8 Å². The third kappa shape index (κ3) is 3.22. The van der Waals surface area contributed by atoms with Crippen LogP contribution >= 0.6 is 11.6 Å². The molecular weight excluding hydrogens is 232 g/mol. The number of aromatic carboxylic acids is 1. The van der Waals surface area contributed by atoms with Crippen molar-refractivity contribution in [1.29, 1.82) is 0 Å². The molecule has 1 aromatic rings. The van der Waals surface area contributed by atoms with Crippen LogP contribution in [0.4, 0.5) is 5.69 Å². The van der Waals surface area contributed by atoms with E-state index in [9.17, 15) is 9.59 Å². The van der Waals surface area contributed by atoms with Gasteiger partial charge < -0.3 is 15.7 Å². The molecule has 0 aliphatic carbocycles. The molecule has 0 saturated heterocycles. The monoisotopic (exact) mass is 242 g/mol. The first-order valence-corrected chi connectivity index (χ1v) is 4.89. The van der Waals surface area contributed by atoms with E-state index in [0.29, 0.717) is 5.02 Å². The Morgan fingerprint density at radius 3 is 2.69 bits per heavy atom. The molecule has 0 radical (unpaired) electrons. The van der Waals surface area contributed by atoms with Gasteiger partial charge in [-0.3, -0.25) is 4.79 Å². The highest BCUT2D eigenvalue weighted by atomic mass is 35.5. The van der Waals surface area contributed by atoms with Gasteiger partial charge in [-0.25, -0.2) is 4.79 Å². The Morgan fingerprint density at radius 2 is 2.12 bits per heavy atom. The number of benzene rings is 1. The number of anilines is 1. The van der Waals surface area contributed by atoms with Crippen molar-refractivity contribution >= 4 is 29.2 Å². The number of amides is 1. The molecule has 0 spiro atoms. The highest BCUT2D eigenvalue weighted by Crippen LogP contribution is 2.20. The van der Waals surface area contributed by atoms with Gasteiger partial charge in [0.1, 0.15) is 0 Å². The molecule has 0 atom stereocenters. The molecule has 86 valence electrons. The summed E-state index contributed by atoms with van der Waals surface area (Å²) in [6, 6.07) is 4.21. The van der Waals surface area contributed by atoms with Crippen LogP contribution in [0.25, 0.3) is 0 Å². The lowest BCUT2D eigenvalue weighted by Gasteiger charge is -2.08. The lowest BCUT2D eigenvalue weighted by Crippen LogP contribution is -2.25.